The Morgan fingerprint density at radius 3 is 2.52 bits per heavy atom. The zero-order valence-electron chi connectivity index (χ0n) is 16.0. The molecule has 29 heavy (non-hydrogen) atoms. The normalized spacial score (nSPS) is 10.3. The van der Waals surface area contributed by atoms with Gasteiger partial charge >= 0.3 is 0 Å². The van der Waals surface area contributed by atoms with Crippen molar-refractivity contribution in [2.45, 2.75) is 20.4 Å². The van der Waals surface area contributed by atoms with Crippen LogP contribution >= 0.6 is 0 Å². The predicted octanol–water partition coefficient (Wildman–Crippen LogP) is 3.65. The summed E-state index contributed by atoms with van der Waals surface area (Å²) in [5.74, 6) is 0.962. The molecule has 2 aromatic heterocycles. The van der Waals surface area contributed by atoms with Gasteiger partial charge in [-0.1, -0.05) is 47.6 Å². The summed E-state index contributed by atoms with van der Waals surface area (Å²) < 4.78 is 7.24. The Hall–Kier alpha value is -3.94. The van der Waals surface area contributed by atoms with Gasteiger partial charge < -0.3 is 14.2 Å². The molecular formula is C21H20N4O4. The number of carbonyl (C=O) groups excluding carboxylic acids is 1. The maximum Gasteiger partial charge on any atom is 0.290 e. The van der Waals surface area contributed by atoms with Gasteiger partial charge in [-0.3, -0.25) is 14.9 Å². The number of nitrogens with one attached hydrogen (secondary N) is 1. The van der Waals surface area contributed by atoms with Gasteiger partial charge in [0.1, 0.15) is 12.4 Å². The zero-order valence-corrected chi connectivity index (χ0v) is 16.0. The third kappa shape index (κ3) is 4.32. The zero-order chi connectivity index (χ0) is 20.8. The van der Waals surface area contributed by atoms with Gasteiger partial charge in [0.05, 0.1) is 22.3 Å². The number of fused-ring (bicyclic) bond motifs is 1. The molecule has 0 saturated carbocycles. The maximum absolute atomic E-state index is 12.6. The maximum atomic E-state index is 12.6. The van der Waals surface area contributed by atoms with Gasteiger partial charge in [-0.05, 0) is 31.5 Å². The molecule has 4 aromatic rings. The highest BCUT2D eigenvalue weighted by atomic mass is 16.5. The van der Waals surface area contributed by atoms with Crippen LogP contribution in [0, 0.1) is 13.8 Å². The summed E-state index contributed by atoms with van der Waals surface area (Å²) in [5.41, 5.74) is 4.28. The van der Waals surface area contributed by atoms with E-state index in [1.165, 1.54) is 0 Å². The molecule has 0 radical (unpaired) electrons. The van der Waals surface area contributed by atoms with E-state index in [2.05, 4.69) is 15.5 Å². The molecule has 8 nitrogen and oxygen atoms in total. The molecule has 0 aliphatic rings. The van der Waals surface area contributed by atoms with Gasteiger partial charge in [-0.2, -0.15) is 0 Å². The van der Waals surface area contributed by atoms with Crippen LogP contribution in [0.4, 0.5) is 5.88 Å². The van der Waals surface area contributed by atoms with Crippen molar-refractivity contribution in [3.05, 3.63) is 66.1 Å². The highest BCUT2D eigenvalue weighted by molar-refractivity contribution is 5.94. The lowest BCUT2D eigenvalue weighted by molar-refractivity contribution is -0.123. The van der Waals surface area contributed by atoms with Crippen LogP contribution in [0.15, 0.2) is 59.1 Å². The summed E-state index contributed by atoms with van der Waals surface area (Å²) in [6.45, 7) is 3.65. The molecule has 0 atom stereocenters. The number of amides is 1. The van der Waals surface area contributed by atoms with Crippen LogP contribution in [0.5, 0.6) is 0 Å². The van der Waals surface area contributed by atoms with Crippen LogP contribution < -0.4 is 5.32 Å². The van der Waals surface area contributed by atoms with E-state index >= 15 is 0 Å². The SMILES string of the molecule is Cc1noc(NC(=O)Cn2c(C)nc3ccccc32)c1-c1ccccc1.O=CO. The monoisotopic (exact) mass is 392 g/mol. The second-order valence-electron chi connectivity index (χ2n) is 6.23. The van der Waals surface area contributed by atoms with Crippen molar-refractivity contribution in [2.24, 2.45) is 0 Å². The van der Waals surface area contributed by atoms with Crippen LogP contribution in [-0.4, -0.2) is 32.2 Å². The number of hydrogen-bond donors (Lipinski definition) is 2. The molecule has 1 amide bonds. The van der Waals surface area contributed by atoms with Gasteiger partial charge in [0.25, 0.3) is 6.47 Å². The van der Waals surface area contributed by atoms with Crippen molar-refractivity contribution >= 4 is 29.3 Å². The highest BCUT2D eigenvalue weighted by Crippen LogP contribution is 2.31. The highest BCUT2D eigenvalue weighted by Gasteiger charge is 2.18. The van der Waals surface area contributed by atoms with Gasteiger partial charge in [-0.15, -0.1) is 0 Å². The van der Waals surface area contributed by atoms with Crippen LogP contribution in [0.2, 0.25) is 0 Å². The Labute approximate surface area is 166 Å². The Bertz CT molecular complexity index is 1130. The van der Waals surface area contributed by atoms with Crippen molar-refractivity contribution in [3.63, 3.8) is 0 Å². The molecule has 0 aliphatic carbocycles. The summed E-state index contributed by atoms with van der Waals surface area (Å²) in [6.07, 6.45) is 0. The van der Waals surface area contributed by atoms with Crippen molar-refractivity contribution in [1.29, 1.82) is 0 Å². The molecule has 0 saturated heterocycles. The van der Waals surface area contributed by atoms with Crippen molar-refractivity contribution in [2.75, 3.05) is 5.32 Å². The van der Waals surface area contributed by atoms with Crippen molar-refractivity contribution in [3.8, 4) is 11.1 Å². The minimum atomic E-state index is -0.250. The fourth-order valence-electron chi connectivity index (χ4n) is 3.11. The first kappa shape index (κ1) is 19.8. The summed E-state index contributed by atoms with van der Waals surface area (Å²) in [6, 6.07) is 17.5. The lowest BCUT2D eigenvalue weighted by Gasteiger charge is -2.08. The first-order chi connectivity index (χ1) is 14.0. The Balaban J connectivity index is 0.000000755. The van der Waals surface area contributed by atoms with E-state index in [9.17, 15) is 4.79 Å². The van der Waals surface area contributed by atoms with Gasteiger partial charge in [0.2, 0.25) is 11.8 Å². The van der Waals surface area contributed by atoms with Crippen LogP contribution in [-0.2, 0) is 16.1 Å². The topological polar surface area (TPSA) is 110 Å². The van der Waals surface area contributed by atoms with E-state index in [4.69, 9.17) is 14.4 Å². The molecule has 148 valence electrons. The number of nitrogens with zero attached hydrogens (tertiary/aromatic N) is 3. The quantitative estimate of drug-likeness (QED) is 0.513. The summed E-state index contributed by atoms with van der Waals surface area (Å²) >= 11 is 0. The number of rotatable bonds is 4. The molecule has 0 fully saturated rings. The van der Waals surface area contributed by atoms with Crippen LogP contribution in [0.3, 0.4) is 0 Å². The minimum Gasteiger partial charge on any atom is -0.483 e. The number of aryl methyl sites for hydroxylation is 2. The van der Waals surface area contributed by atoms with E-state index in [-0.39, 0.29) is 18.9 Å². The van der Waals surface area contributed by atoms with Gasteiger partial charge in [0.15, 0.2) is 0 Å². The fourth-order valence-corrected chi connectivity index (χ4v) is 3.11. The molecule has 2 heterocycles. The smallest absolute Gasteiger partial charge is 0.290 e. The number of para-hydroxylation sites is 2. The summed E-state index contributed by atoms with van der Waals surface area (Å²) in [4.78, 5) is 25.5. The summed E-state index contributed by atoms with van der Waals surface area (Å²) in [5, 5.41) is 13.7. The third-order valence-electron chi connectivity index (χ3n) is 4.33. The second kappa shape index (κ2) is 8.83. The standard InChI is InChI=1S/C20H18N4O2.CH2O2/c1-13-19(15-8-4-3-5-9-15)20(26-23-13)22-18(25)12-24-14(2)21-16-10-6-7-11-17(16)24;2-1-3/h3-11H,12H2,1-2H3,(H,22,25);1H,(H,2,3). The van der Waals surface area contributed by atoms with Crippen molar-refractivity contribution < 1.29 is 19.2 Å². The molecule has 4 rings (SSSR count). The lowest BCUT2D eigenvalue weighted by Crippen LogP contribution is -2.19. The molecule has 2 aromatic carbocycles. The van der Waals surface area contributed by atoms with E-state index < -0.39 is 0 Å². The average molecular weight is 392 g/mol. The lowest BCUT2D eigenvalue weighted by atomic mass is 10.1. The second-order valence-corrected chi connectivity index (χ2v) is 6.23. The van der Waals surface area contributed by atoms with E-state index in [1.807, 2.05) is 73.0 Å². The number of hydrogen-bond acceptors (Lipinski definition) is 5. The van der Waals surface area contributed by atoms with Crippen LogP contribution in [0.1, 0.15) is 11.5 Å². The number of carboxylic acid groups (broad SMARTS) is 1. The van der Waals surface area contributed by atoms with Crippen LogP contribution in [0.25, 0.3) is 22.2 Å². The van der Waals surface area contributed by atoms with Crippen molar-refractivity contribution in [1.82, 2.24) is 14.7 Å². The Kier molecular flexibility index (Phi) is 6.03. The molecule has 8 heteroatoms. The Morgan fingerprint density at radius 2 is 1.79 bits per heavy atom. The Morgan fingerprint density at radius 1 is 1.14 bits per heavy atom. The largest absolute Gasteiger partial charge is 0.483 e. The summed E-state index contributed by atoms with van der Waals surface area (Å²) in [7, 11) is 0. The first-order valence-corrected chi connectivity index (χ1v) is 8.86. The van der Waals surface area contributed by atoms with E-state index in [0.717, 1.165) is 33.7 Å². The van der Waals surface area contributed by atoms with Gasteiger partial charge in [-0.25, -0.2) is 4.98 Å². The molecule has 0 unspecified atom stereocenters. The number of benzene rings is 2. The minimum absolute atomic E-state index is 0.153. The molecular weight excluding hydrogens is 372 g/mol. The van der Waals surface area contributed by atoms with Gasteiger partial charge in [0, 0.05) is 0 Å². The fraction of sp³-hybridized carbons (Fsp3) is 0.143. The first-order valence-electron chi connectivity index (χ1n) is 8.86. The molecule has 2 N–H and O–H groups in total. The molecule has 0 spiro atoms. The number of anilines is 1. The number of imidazole rings is 1. The average Bonchev–Trinajstić information content (AvgIpc) is 3.23. The molecule has 0 bridgehead atoms. The van der Waals surface area contributed by atoms with E-state index in [0.29, 0.717) is 5.88 Å². The number of aromatic nitrogens is 3. The predicted molar refractivity (Wildman–Crippen MR) is 108 cm³/mol. The molecule has 0 aliphatic heterocycles. The number of carbonyl (C=O) groups is 2. The van der Waals surface area contributed by atoms with E-state index in [1.54, 1.807) is 0 Å². The third-order valence-corrected chi connectivity index (χ3v) is 4.33.